The van der Waals surface area contributed by atoms with Crippen LogP contribution in [-0.4, -0.2) is 20.1 Å². The van der Waals surface area contributed by atoms with Crippen molar-refractivity contribution in [2.24, 2.45) is 0 Å². The van der Waals surface area contributed by atoms with Gasteiger partial charge in [-0.25, -0.2) is 0 Å². The minimum absolute atomic E-state index is 0.280. The predicted molar refractivity (Wildman–Crippen MR) is 92.6 cm³/mol. The molecule has 0 saturated carbocycles. The van der Waals surface area contributed by atoms with Crippen LogP contribution in [0.15, 0.2) is 42.5 Å². The fourth-order valence-electron chi connectivity index (χ4n) is 2.37. The van der Waals surface area contributed by atoms with E-state index < -0.39 is 5.41 Å². The van der Waals surface area contributed by atoms with Gasteiger partial charge in [0, 0.05) is 11.3 Å². The van der Waals surface area contributed by atoms with Gasteiger partial charge in [0.2, 0.25) is 0 Å². The normalized spacial score (nSPS) is 10.6. The zero-order valence-electron chi connectivity index (χ0n) is 14.2. The van der Waals surface area contributed by atoms with Crippen molar-refractivity contribution >= 4 is 11.6 Å². The maximum Gasteiger partial charge on any atom is 0.255 e. The van der Waals surface area contributed by atoms with Crippen LogP contribution in [0.25, 0.3) is 0 Å². The Hall–Kier alpha value is -3.00. The number of methoxy groups -OCH3 is 2. The van der Waals surface area contributed by atoms with Crippen molar-refractivity contribution in [2.45, 2.75) is 19.3 Å². The third-order valence-corrected chi connectivity index (χ3v) is 3.77. The van der Waals surface area contributed by atoms with Crippen LogP contribution in [0.2, 0.25) is 0 Å². The quantitative estimate of drug-likeness (QED) is 0.909. The number of hydrogen-bond donors (Lipinski definition) is 1. The number of para-hydroxylation sites is 1. The van der Waals surface area contributed by atoms with Gasteiger partial charge in [0.05, 0.1) is 25.7 Å². The van der Waals surface area contributed by atoms with Crippen LogP contribution in [0, 0.1) is 11.3 Å². The fourth-order valence-corrected chi connectivity index (χ4v) is 2.37. The second kappa shape index (κ2) is 7.05. The van der Waals surface area contributed by atoms with Gasteiger partial charge >= 0.3 is 0 Å². The second-order valence-corrected chi connectivity index (χ2v) is 5.81. The van der Waals surface area contributed by atoms with Crippen molar-refractivity contribution in [1.82, 2.24) is 0 Å². The van der Waals surface area contributed by atoms with E-state index in [0.717, 1.165) is 5.56 Å². The number of hydrogen-bond acceptors (Lipinski definition) is 4. The smallest absolute Gasteiger partial charge is 0.255 e. The summed E-state index contributed by atoms with van der Waals surface area (Å²) in [6, 6.07) is 14.5. The van der Waals surface area contributed by atoms with Gasteiger partial charge in [0.25, 0.3) is 5.91 Å². The number of nitriles is 1. The summed E-state index contributed by atoms with van der Waals surface area (Å²) in [7, 11) is 3.06. The van der Waals surface area contributed by atoms with Crippen molar-refractivity contribution in [3.63, 3.8) is 0 Å². The van der Waals surface area contributed by atoms with Gasteiger partial charge in [0.1, 0.15) is 0 Å². The highest BCUT2D eigenvalue weighted by molar-refractivity contribution is 6.05. The van der Waals surface area contributed by atoms with Crippen LogP contribution in [0.4, 0.5) is 5.69 Å². The lowest BCUT2D eigenvalue weighted by atomic mass is 9.85. The summed E-state index contributed by atoms with van der Waals surface area (Å²) in [5, 5.41) is 12.2. The monoisotopic (exact) mass is 324 g/mol. The summed E-state index contributed by atoms with van der Waals surface area (Å²) in [5.74, 6) is 0.757. The molecular formula is C19H20N2O3. The first kappa shape index (κ1) is 17.4. The number of nitrogens with one attached hydrogen (secondary N) is 1. The molecule has 0 atom stereocenters. The van der Waals surface area contributed by atoms with Crippen LogP contribution in [0.5, 0.6) is 11.5 Å². The molecule has 2 aromatic rings. The van der Waals surface area contributed by atoms with E-state index >= 15 is 0 Å². The van der Waals surface area contributed by atoms with Crippen LogP contribution in [0.1, 0.15) is 29.8 Å². The molecule has 24 heavy (non-hydrogen) atoms. The largest absolute Gasteiger partial charge is 0.493 e. The molecule has 0 saturated heterocycles. The molecule has 5 heteroatoms. The van der Waals surface area contributed by atoms with Gasteiger partial charge in [-0.2, -0.15) is 5.26 Å². The number of benzene rings is 2. The Balaban J connectivity index is 2.33. The average Bonchev–Trinajstić information content (AvgIpc) is 2.61. The van der Waals surface area contributed by atoms with Gasteiger partial charge in [-0.1, -0.05) is 18.2 Å². The van der Waals surface area contributed by atoms with Gasteiger partial charge in [-0.05, 0) is 43.7 Å². The Morgan fingerprint density at radius 1 is 1.08 bits per heavy atom. The number of anilines is 1. The highest BCUT2D eigenvalue weighted by Crippen LogP contribution is 2.31. The van der Waals surface area contributed by atoms with E-state index in [-0.39, 0.29) is 5.91 Å². The fraction of sp³-hybridized carbons (Fsp3) is 0.263. The van der Waals surface area contributed by atoms with E-state index in [2.05, 4.69) is 11.4 Å². The highest BCUT2D eigenvalue weighted by Gasteiger charge is 2.24. The molecule has 0 unspecified atom stereocenters. The van der Waals surface area contributed by atoms with E-state index in [1.165, 1.54) is 14.2 Å². The number of nitrogens with zero attached hydrogens (tertiary/aromatic N) is 1. The predicted octanol–water partition coefficient (Wildman–Crippen LogP) is 3.76. The molecule has 0 aliphatic heterocycles. The second-order valence-electron chi connectivity index (χ2n) is 5.81. The van der Waals surface area contributed by atoms with Gasteiger partial charge in [-0.3, -0.25) is 4.79 Å². The summed E-state index contributed by atoms with van der Waals surface area (Å²) in [6.45, 7) is 3.63. The molecule has 0 bridgehead atoms. The molecule has 0 radical (unpaired) electrons. The zero-order valence-corrected chi connectivity index (χ0v) is 14.2. The molecule has 5 nitrogen and oxygen atoms in total. The Labute approximate surface area is 141 Å². The molecule has 124 valence electrons. The summed E-state index contributed by atoms with van der Waals surface area (Å²) < 4.78 is 10.4. The first-order valence-electron chi connectivity index (χ1n) is 7.47. The minimum Gasteiger partial charge on any atom is -0.493 e. The number of rotatable bonds is 5. The van der Waals surface area contributed by atoms with E-state index in [1.54, 1.807) is 24.3 Å². The summed E-state index contributed by atoms with van der Waals surface area (Å²) in [6.07, 6.45) is 0. The summed E-state index contributed by atoms with van der Waals surface area (Å²) >= 11 is 0. The van der Waals surface area contributed by atoms with Crippen LogP contribution in [-0.2, 0) is 5.41 Å². The third kappa shape index (κ3) is 3.49. The molecule has 0 spiro atoms. The van der Waals surface area contributed by atoms with Crippen molar-refractivity contribution < 1.29 is 14.3 Å². The SMILES string of the molecule is COc1ccc(C(=O)Nc2ccccc2C(C)(C)C#N)cc1OC. The first-order valence-corrected chi connectivity index (χ1v) is 7.47. The number of ether oxygens (including phenoxy) is 2. The number of carbonyl (C=O) groups excluding carboxylic acids is 1. The van der Waals surface area contributed by atoms with Crippen LogP contribution in [0.3, 0.4) is 0 Å². The molecule has 1 amide bonds. The lowest BCUT2D eigenvalue weighted by Crippen LogP contribution is -2.20. The molecule has 0 aromatic heterocycles. The number of carbonyl (C=O) groups is 1. The highest BCUT2D eigenvalue weighted by atomic mass is 16.5. The van der Waals surface area contributed by atoms with E-state index in [1.807, 2.05) is 32.0 Å². The van der Waals surface area contributed by atoms with Gasteiger partial charge < -0.3 is 14.8 Å². The third-order valence-electron chi connectivity index (χ3n) is 3.77. The Morgan fingerprint density at radius 3 is 2.38 bits per heavy atom. The molecule has 0 aliphatic rings. The molecule has 2 rings (SSSR count). The molecule has 0 fully saturated rings. The van der Waals surface area contributed by atoms with E-state index in [4.69, 9.17) is 9.47 Å². The van der Waals surface area contributed by atoms with E-state index in [0.29, 0.717) is 22.7 Å². The van der Waals surface area contributed by atoms with Gasteiger partial charge in [0.15, 0.2) is 11.5 Å². The lowest BCUT2D eigenvalue weighted by Gasteiger charge is -2.20. The lowest BCUT2D eigenvalue weighted by molar-refractivity contribution is 0.102. The van der Waals surface area contributed by atoms with Crippen molar-refractivity contribution in [3.8, 4) is 17.6 Å². The molecule has 0 heterocycles. The summed E-state index contributed by atoms with van der Waals surface area (Å²) in [5.41, 5.74) is 1.11. The topological polar surface area (TPSA) is 71.3 Å². The number of amides is 1. The average molecular weight is 324 g/mol. The standard InChI is InChI=1S/C19H20N2O3/c1-19(2,12-20)14-7-5-6-8-15(14)21-18(22)13-9-10-16(23-3)17(11-13)24-4/h5-11H,1-4H3,(H,21,22). The Kier molecular flexibility index (Phi) is 5.10. The Morgan fingerprint density at radius 2 is 1.75 bits per heavy atom. The Bertz CT molecular complexity index is 791. The van der Waals surface area contributed by atoms with Crippen molar-refractivity contribution in [2.75, 3.05) is 19.5 Å². The van der Waals surface area contributed by atoms with Crippen molar-refractivity contribution in [1.29, 1.82) is 5.26 Å². The maximum absolute atomic E-state index is 12.6. The van der Waals surface area contributed by atoms with Crippen LogP contribution >= 0.6 is 0 Å². The molecule has 0 aliphatic carbocycles. The van der Waals surface area contributed by atoms with Gasteiger partial charge in [-0.15, -0.1) is 0 Å². The molecule has 2 aromatic carbocycles. The zero-order chi connectivity index (χ0) is 17.7. The maximum atomic E-state index is 12.6. The first-order chi connectivity index (χ1) is 11.4. The minimum atomic E-state index is -0.707. The van der Waals surface area contributed by atoms with Crippen molar-refractivity contribution in [3.05, 3.63) is 53.6 Å². The van der Waals surface area contributed by atoms with Crippen LogP contribution < -0.4 is 14.8 Å². The molecular weight excluding hydrogens is 304 g/mol. The summed E-state index contributed by atoms with van der Waals surface area (Å²) in [4.78, 5) is 12.6. The molecule has 1 N–H and O–H groups in total. The van der Waals surface area contributed by atoms with E-state index in [9.17, 15) is 10.1 Å².